The third kappa shape index (κ3) is 6.35. The predicted molar refractivity (Wildman–Crippen MR) is 78.3 cm³/mol. The number of benzene rings is 1. The number of thioether (sulfide) groups is 1. The van der Waals surface area contributed by atoms with Crippen LogP contribution in [0.25, 0.3) is 0 Å². The summed E-state index contributed by atoms with van der Waals surface area (Å²) in [4.78, 5) is 23.0. The van der Waals surface area contributed by atoms with E-state index in [-0.39, 0.29) is 11.8 Å². The second-order valence-electron chi connectivity index (χ2n) is 3.80. The minimum atomic E-state index is -0.111. The number of halogens is 1. The SMILES string of the molecule is CC(=O)NCCNC(=O)CSc1ccc(N)c(Cl)c1. The highest BCUT2D eigenvalue weighted by Gasteiger charge is 2.04. The molecule has 1 rings (SSSR count). The molecule has 0 radical (unpaired) electrons. The number of hydrogen-bond acceptors (Lipinski definition) is 4. The van der Waals surface area contributed by atoms with E-state index in [1.54, 1.807) is 12.1 Å². The molecule has 0 bridgehead atoms. The van der Waals surface area contributed by atoms with Crippen LogP contribution < -0.4 is 16.4 Å². The summed E-state index contributed by atoms with van der Waals surface area (Å²) in [6, 6.07) is 5.25. The molecule has 1 aromatic carbocycles. The lowest BCUT2D eigenvalue weighted by Crippen LogP contribution is -2.34. The van der Waals surface area contributed by atoms with E-state index in [2.05, 4.69) is 10.6 Å². The summed E-state index contributed by atoms with van der Waals surface area (Å²) in [7, 11) is 0. The van der Waals surface area contributed by atoms with Crippen molar-refractivity contribution in [3.63, 3.8) is 0 Å². The third-order valence-electron chi connectivity index (χ3n) is 2.16. The van der Waals surface area contributed by atoms with Gasteiger partial charge in [-0.15, -0.1) is 11.8 Å². The van der Waals surface area contributed by atoms with E-state index in [4.69, 9.17) is 17.3 Å². The van der Waals surface area contributed by atoms with E-state index in [0.29, 0.717) is 29.6 Å². The maximum Gasteiger partial charge on any atom is 0.230 e. The van der Waals surface area contributed by atoms with Crippen molar-refractivity contribution in [2.24, 2.45) is 0 Å². The quantitative estimate of drug-likeness (QED) is 0.420. The molecule has 0 unspecified atom stereocenters. The Morgan fingerprint density at radius 1 is 1.32 bits per heavy atom. The van der Waals surface area contributed by atoms with Crippen molar-refractivity contribution < 1.29 is 9.59 Å². The van der Waals surface area contributed by atoms with Crippen LogP contribution in [0.5, 0.6) is 0 Å². The number of amides is 2. The van der Waals surface area contributed by atoms with Crippen LogP contribution in [0.3, 0.4) is 0 Å². The molecular formula is C12H16ClN3O2S. The molecule has 5 nitrogen and oxygen atoms in total. The smallest absolute Gasteiger partial charge is 0.230 e. The van der Waals surface area contributed by atoms with Crippen LogP contribution in [0, 0.1) is 0 Å². The van der Waals surface area contributed by atoms with Gasteiger partial charge in [0.05, 0.1) is 16.5 Å². The summed E-state index contributed by atoms with van der Waals surface area (Å²) in [5.74, 6) is 0.0868. The molecule has 4 N–H and O–H groups in total. The number of carbonyl (C=O) groups is 2. The fourth-order valence-corrected chi connectivity index (χ4v) is 2.25. The van der Waals surface area contributed by atoms with E-state index in [0.717, 1.165) is 4.90 Å². The van der Waals surface area contributed by atoms with E-state index in [1.807, 2.05) is 6.07 Å². The van der Waals surface area contributed by atoms with Crippen LogP contribution in [0.2, 0.25) is 5.02 Å². The van der Waals surface area contributed by atoms with Gasteiger partial charge < -0.3 is 16.4 Å². The first kappa shape index (κ1) is 15.7. The van der Waals surface area contributed by atoms with Crippen molar-refractivity contribution in [3.05, 3.63) is 23.2 Å². The third-order valence-corrected chi connectivity index (χ3v) is 3.48. The van der Waals surface area contributed by atoms with Gasteiger partial charge in [-0.1, -0.05) is 11.6 Å². The van der Waals surface area contributed by atoms with Gasteiger partial charge in [-0.2, -0.15) is 0 Å². The molecular weight excluding hydrogens is 286 g/mol. The van der Waals surface area contributed by atoms with E-state index >= 15 is 0 Å². The minimum absolute atomic E-state index is 0.0942. The monoisotopic (exact) mass is 301 g/mol. The van der Waals surface area contributed by atoms with Crippen LogP contribution in [-0.2, 0) is 9.59 Å². The normalized spacial score (nSPS) is 10.0. The molecule has 0 spiro atoms. The van der Waals surface area contributed by atoms with Gasteiger partial charge in [0.25, 0.3) is 0 Å². The summed E-state index contributed by atoms with van der Waals surface area (Å²) < 4.78 is 0. The van der Waals surface area contributed by atoms with Crippen molar-refractivity contribution >= 4 is 40.9 Å². The van der Waals surface area contributed by atoms with Crippen molar-refractivity contribution in [2.75, 3.05) is 24.6 Å². The molecule has 0 aliphatic heterocycles. The van der Waals surface area contributed by atoms with Crippen molar-refractivity contribution in [3.8, 4) is 0 Å². The number of hydrogen-bond donors (Lipinski definition) is 3. The fraction of sp³-hybridized carbons (Fsp3) is 0.333. The maximum absolute atomic E-state index is 11.5. The first-order valence-electron chi connectivity index (χ1n) is 5.68. The van der Waals surface area contributed by atoms with Crippen LogP contribution in [0.4, 0.5) is 5.69 Å². The highest BCUT2D eigenvalue weighted by Crippen LogP contribution is 2.25. The zero-order chi connectivity index (χ0) is 14.3. The molecule has 0 atom stereocenters. The van der Waals surface area contributed by atoms with E-state index < -0.39 is 0 Å². The van der Waals surface area contributed by atoms with Gasteiger partial charge in [0.1, 0.15) is 0 Å². The summed E-state index contributed by atoms with van der Waals surface area (Å²) in [6.07, 6.45) is 0. The summed E-state index contributed by atoms with van der Waals surface area (Å²) in [6.45, 7) is 2.28. The second-order valence-corrected chi connectivity index (χ2v) is 5.26. The van der Waals surface area contributed by atoms with Gasteiger partial charge in [0.2, 0.25) is 11.8 Å². The average molecular weight is 302 g/mol. The number of anilines is 1. The number of nitrogen functional groups attached to an aromatic ring is 1. The molecule has 104 valence electrons. The molecule has 0 saturated heterocycles. The molecule has 0 aromatic heterocycles. The lowest BCUT2D eigenvalue weighted by molar-refractivity contribution is -0.120. The molecule has 0 fully saturated rings. The molecule has 7 heteroatoms. The highest BCUT2D eigenvalue weighted by molar-refractivity contribution is 8.00. The van der Waals surface area contributed by atoms with Gasteiger partial charge in [0, 0.05) is 24.9 Å². The molecule has 0 heterocycles. The van der Waals surface area contributed by atoms with Crippen LogP contribution in [-0.4, -0.2) is 30.7 Å². The Bertz CT molecular complexity index is 468. The molecule has 0 aliphatic carbocycles. The fourth-order valence-electron chi connectivity index (χ4n) is 1.24. The average Bonchev–Trinajstić information content (AvgIpc) is 2.36. The van der Waals surface area contributed by atoms with Crippen LogP contribution >= 0.6 is 23.4 Å². The van der Waals surface area contributed by atoms with Crippen LogP contribution in [0.15, 0.2) is 23.1 Å². The van der Waals surface area contributed by atoms with E-state index in [9.17, 15) is 9.59 Å². The Hall–Kier alpha value is -1.40. The van der Waals surface area contributed by atoms with Gasteiger partial charge >= 0.3 is 0 Å². The molecule has 0 aliphatic rings. The maximum atomic E-state index is 11.5. The molecule has 19 heavy (non-hydrogen) atoms. The summed E-state index contributed by atoms with van der Waals surface area (Å²) in [5, 5.41) is 5.78. The van der Waals surface area contributed by atoms with Crippen molar-refractivity contribution in [2.45, 2.75) is 11.8 Å². The Balaban J connectivity index is 2.26. The standard InChI is InChI=1S/C12H16ClN3O2S/c1-8(17)15-4-5-16-12(18)7-19-9-2-3-11(14)10(13)6-9/h2-3,6H,4-5,7,14H2,1H3,(H,15,17)(H,16,18). The topological polar surface area (TPSA) is 84.2 Å². The molecule has 0 saturated carbocycles. The lowest BCUT2D eigenvalue weighted by atomic mass is 10.3. The Labute approximate surface area is 121 Å². The summed E-state index contributed by atoms with van der Waals surface area (Å²) in [5.41, 5.74) is 6.11. The number of carbonyl (C=O) groups excluding carboxylic acids is 2. The molecule has 1 aromatic rings. The largest absolute Gasteiger partial charge is 0.398 e. The molecule has 2 amide bonds. The van der Waals surface area contributed by atoms with E-state index in [1.165, 1.54) is 18.7 Å². The summed E-state index contributed by atoms with van der Waals surface area (Å²) >= 11 is 7.26. The lowest BCUT2D eigenvalue weighted by Gasteiger charge is -2.06. The second kappa shape index (κ2) is 7.91. The predicted octanol–water partition coefficient (Wildman–Crippen LogP) is 1.27. The van der Waals surface area contributed by atoms with Crippen LogP contribution in [0.1, 0.15) is 6.92 Å². The van der Waals surface area contributed by atoms with Crippen molar-refractivity contribution in [1.82, 2.24) is 10.6 Å². The Morgan fingerprint density at radius 3 is 2.63 bits per heavy atom. The first-order chi connectivity index (χ1) is 8.99. The van der Waals surface area contributed by atoms with Gasteiger partial charge in [-0.3, -0.25) is 9.59 Å². The number of rotatable bonds is 6. The van der Waals surface area contributed by atoms with Crippen molar-refractivity contribution in [1.29, 1.82) is 0 Å². The first-order valence-corrected chi connectivity index (χ1v) is 7.04. The number of nitrogens with one attached hydrogen (secondary N) is 2. The minimum Gasteiger partial charge on any atom is -0.398 e. The van der Waals surface area contributed by atoms with Gasteiger partial charge in [0.15, 0.2) is 0 Å². The zero-order valence-corrected chi connectivity index (χ0v) is 12.1. The van der Waals surface area contributed by atoms with Gasteiger partial charge in [-0.05, 0) is 18.2 Å². The van der Waals surface area contributed by atoms with Gasteiger partial charge in [-0.25, -0.2) is 0 Å². The number of nitrogens with two attached hydrogens (primary N) is 1. The Kier molecular flexibility index (Phi) is 6.52. The highest BCUT2D eigenvalue weighted by atomic mass is 35.5. The Morgan fingerprint density at radius 2 is 2.00 bits per heavy atom. The zero-order valence-electron chi connectivity index (χ0n) is 10.5.